The van der Waals surface area contributed by atoms with Crippen molar-refractivity contribution in [2.75, 3.05) is 75.3 Å². The van der Waals surface area contributed by atoms with Crippen molar-refractivity contribution in [3.8, 4) is 46.0 Å². The van der Waals surface area contributed by atoms with Crippen LogP contribution >= 0.6 is 0 Å². The van der Waals surface area contributed by atoms with Crippen LogP contribution in [0.5, 0.6) is 46.0 Å². The molecule has 0 spiro atoms. The zero-order valence-corrected chi connectivity index (χ0v) is 32.4. The Labute approximate surface area is 319 Å². The number of methoxy groups -OCH3 is 3. The molecular weight excluding hydrogens is 682 g/mol. The average molecular weight is 736 g/mol. The topological polar surface area (TPSA) is 85.3 Å². The first kappa shape index (κ1) is 37.6. The Morgan fingerprint density at radius 1 is 0.815 bits per heavy atom. The lowest BCUT2D eigenvalue weighted by molar-refractivity contribution is 0.0769. The highest BCUT2D eigenvalue weighted by Crippen LogP contribution is 2.52. The van der Waals surface area contributed by atoms with Gasteiger partial charge in [0.1, 0.15) is 18.5 Å². The third-order valence-electron chi connectivity index (χ3n) is 11.0. The number of benzene rings is 4. The molecule has 0 saturated carbocycles. The number of aliphatic hydroxyl groups is 1. The van der Waals surface area contributed by atoms with Gasteiger partial charge in [0, 0.05) is 43.8 Å². The van der Waals surface area contributed by atoms with Gasteiger partial charge >= 0.3 is 0 Å². The molecule has 3 unspecified atom stereocenters. The predicted octanol–water partition coefficient (Wildman–Crippen LogP) is 7.01. The maximum atomic E-state index is 11.1. The molecule has 1 N–H and O–H groups in total. The molecule has 0 fully saturated rings. The van der Waals surface area contributed by atoms with Gasteiger partial charge < -0.3 is 38.4 Å². The number of fused-ring (bicyclic) bond motifs is 2. The average Bonchev–Trinajstić information content (AvgIpc) is 3.16. The summed E-state index contributed by atoms with van der Waals surface area (Å²) >= 11 is 0. The van der Waals surface area contributed by atoms with Crippen LogP contribution in [0.2, 0.25) is 0 Å². The molecule has 0 amide bonds. The first-order valence-corrected chi connectivity index (χ1v) is 18.8. The van der Waals surface area contributed by atoms with Gasteiger partial charge in [-0.15, -0.1) is 6.58 Å². The fourth-order valence-corrected chi connectivity index (χ4v) is 8.11. The van der Waals surface area contributed by atoms with Crippen LogP contribution in [0.25, 0.3) is 0 Å². The number of likely N-dealkylation sites (N-methyl/N-ethyl adjacent to an activating group) is 3. The van der Waals surface area contributed by atoms with Crippen molar-refractivity contribution in [2.24, 2.45) is 0 Å². The molecule has 286 valence electrons. The monoisotopic (exact) mass is 735 g/mol. The lowest BCUT2D eigenvalue weighted by Crippen LogP contribution is -2.35. The Morgan fingerprint density at radius 3 is 2.19 bits per heavy atom. The van der Waals surface area contributed by atoms with Crippen LogP contribution in [-0.2, 0) is 25.7 Å². The van der Waals surface area contributed by atoms with Crippen molar-refractivity contribution in [3.05, 3.63) is 107 Å². The van der Waals surface area contributed by atoms with Crippen molar-refractivity contribution in [2.45, 2.75) is 43.9 Å². The maximum absolute atomic E-state index is 11.1. The summed E-state index contributed by atoms with van der Waals surface area (Å²) in [6.45, 7) is 6.71. The van der Waals surface area contributed by atoms with E-state index in [-0.39, 0.29) is 18.7 Å². The number of hydrogen-bond acceptors (Lipinski definition) is 10. The number of nitrogens with zero attached hydrogens (tertiary/aromatic N) is 3. The molecule has 4 heterocycles. The third-order valence-corrected chi connectivity index (χ3v) is 11.0. The third kappa shape index (κ3) is 7.75. The minimum absolute atomic E-state index is 0.0410. The first-order chi connectivity index (χ1) is 26.2. The summed E-state index contributed by atoms with van der Waals surface area (Å²) in [5, 5.41) is 11.1. The largest absolute Gasteiger partial charge is 0.493 e. The Bertz CT molecular complexity index is 1970. The van der Waals surface area contributed by atoms with E-state index in [1.165, 1.54) is 16.7 Å². The summed E-state index contributed by atoms with van der Waals surface area (Å²) < 4.78 is 38.1. The van der Waals surface area contributed by atoms with Gasteiger partial charge in [-0.1, -0.05) is 24.3 Å². The maximum Gasteiger partial charge on any atom is 0.204 e. The molecule has 4 aliphatic heterocycles. The van der Waals surface area contributed by atoms with Gasteiger partial charge in [-0.25, -0.2) is 0 Å². The molecular formula is C44H53N3O7. The highest BCUT2D eigenvalue weighted by atomic mass is 16.6. The zero-order chi connectivity index (χ0) is 37.9. The van der Waals surface area contributed by atoms with Gasteiger partial charge in [0.05, 0.1) is 21.3 Å². The number of ether oxygens (including phenoxy) is 6. The van der Waals surface area contributed by atoms with E-state index in [4.69, 9.17) is 28.4 Å². The number of hydrogen-bond donors (Lipinski definition) is 1. The molecule has 54 heavy (non-hydrogen) atoms. The van der Waals surface area contributed by atoms with Crippen LogP contribution in [0.3, 0.4) is 0 Å². The first-order valence-electron chi connectivity index (χ1n) is 18.8. The van der Waals surface area contributed by atoms with Crippen LogP contribution in [-0.4, -0.2) is 101 Å². The van der Waals surface area contributed by atoms with Crippen LogP contribution in [0.1, 0.15) is 45.5 Å². The number of aliphatic hydroxyl groups excluding tert-OH is 1. The quantitative estimate of drug-likeness (QED) is 0.172. The van der Waals surface area contributed by atoms with E-state index in [9.17, 15) is 5.11 Å². The molecule has 0 radical (unpaired) electrons. The molecule has 4 aliphatic rings. The molecule has 6 bridgehead atoms. The van der Waals surface area contributed by atoms with Crippen LogP contribution in [0, 0.1) is 0 Å². The van der Waals surface area contributed by atoms with Crippen LogP contribution in [0.4, 0.5) is 0 Å². The second kappa shape index (κ2) is 16.3. The summed E-state index contributed by atoms with van der Waals surface area (Å²) in [6, 6.07) is 20.9. The standard InChI is InChI=1S/C44H53N3O7/c1-8-17-45(2)26-32(48)27-52-43-41(51-7)24-31-16-19-47(4)36-21-29-11-14-37(49-5)39(22-29)53-33-12-9-28(10-13-33)20-35-34-25-40(54-44(43)42(31)36)38(50-6)23-30(34)15-18-46(35)3/h8-14,22-25,32,35-36,48H,1,15-21,26-27H2,2-7H3. The highest BCUT2D eigenvalue weighted by Gasteiger charge is 2.35. The van der Waals surface area contributed by atoms with E-state index in [0.717, 1.165) is 54.8 Å². The minimum Gasteiger partial charge on any atom is -0.493 e. The van der Waals surface area contributed by atoms with E-state index < -0.39 is 6.10 Å². The Kier molecular flexibility index (Phi) is 11.4. The van der Waals surface area contributed by atoms with Crippen LogP contribution in [0.15, 0.2) is 73.3 Å². The highest BCUT2D eigenvalue weighted by molar-refractivity contribution is 5.64. The molecule has 0 aromatic heterocycles. The Balaban J connectivity index is 1.42. The number of rotatable bonds is 10. The molecule has 10 nitrogen and oxygen atoms in total. The molecule has 0 saturated heterocycles. The fourth-order valence-electron chi connectivity index (χ4n) is 8.11. The summed E-state index contributed by atoms with van der Waals surface area (Å²) in [4.78, 5) is 6.77. The molecule has 0 aliphatic carbocycles. The predicted molar refractivity (Wildman–Crippen MR) is 210 cm³/mol. The molecule has 8 rings (SSSR count). The van der Waals surface area contributed by atoms with Gasteiger partial charge in [-0.3, -0.25) is 9.80 Å². The van der Waals surface area contributed by atoms with Crippen LogP contribution < -0.4 is 28.4 Å². The van der Waals surface area contributed by atoms with E-state index in [1.54, 1.807) is 21.3 Å². The summed E-state index contributed by atoms with van der Waals surface area (Å²) in [6.07, 6.45) is 4.22. The van der Waals surface area contributed by atoms with Gasteiger partial charge in [-0.05, 0) is 117 Å². The van der Waals surface area contributed by atoms with E-state index in [1.807, 2.05) is 36.2 Å². The summed E-state index contributed by atoms with van der Waals surface area (Å²) in [7, 11) is 11.3. The zero-order valence-electron chi connectivity index (χ0n) is 32.4. The normalized spacial score (nSPS) is 18.7. The molecule has 3 atom stereocenters. The van der Waals surface area contributed by atoms with Crippen molar-refractivity contribution in [1.82, 2.24) is 14.7 Å². The minimum atomic E-state index is -0.762. The molecule has 10 heteroatoms. The second-order valence-electron chi connectivity index (χ2n) is 14.7. The lowest BCUT2D eigenvalue weighted by Gasteiger charge is -2.37. The van der Waals surface area contributed by atoms with Gasteiger partial charge in [0.2, 0.25) is 5.75 Å². The fraction of sp³-hybridized carbons (Fsp3) is 0.409. The summed E-state index contributed by atoms with van der Waals surface area (Å²) in [5.41, 5.74) is 6.87. The van der Waals surface area contributed by atoms with E-state index in [0.29, 0.717) is 59.8 Å². The Hall–Kier alpha value is -4.74. The van der Waals surface area contributed by atoms with Gasteiger partial charge in [0.25, 0.3) is 0 Å². The van der Waals surface area contributed by atoms with Crippen molar-refractivity contribution >= 4 is 0 Å². The smallest absolute Gasteiger partial charge is 0.204 e. The van der Waals surface area contributed by atoms with Crippen molar-refractivity contribution in [1.29, 1.82) is 0 Å². The second-order valence-corrected chi connectivity index (χ2v) is 14.7. The molecule has 4 aromatic rings. The lowest BCUT2D eigenvalue weighted by atomic mass is 9.87. The van der Waals surface area contributed by atoms with E-state index in [2.05, 4.69) is 72.9 Å². The van der Waals surface area contributed by atoms with E-state index >= 15 is 0 Å². The summed E-state index contributed by atoms with van der Waals surface area (Å²) in [5.74, 6) is 4.90. The van der Waals surface area contributed by atoms with Gasteiger partial charge in [-0.2, -0.15) is 0 Å². The van der Waals surface area contributed by atoms with Crippen molar-refractivity contribution < 1.29 is 33.5 Å². The van der Waals surface area contributed by atoms with Crippen molar-refractivity contribution in [3.63, 3.8) is 0 Å². The SMILES string of the molecule is C=CCN(C)CC(O)COc1c(OC)cc2c3c1Oc1cc4c(cc1OC)CCN(C)C4Cc1ccc(cc1)Oc1cc(ccc1OC)CC3N(C)CC2. The molecule has 4 aromatic carbocycles. The van der Waals surface area contributed by atoms with Gasteiger partial charge in [0.15, 0.2) is 34.5 Å². The Morgan fingerprint density at radius 2 is 1.46 bits per heavy atom.